The molecular formula is C14H13N3O6S. The number of aryl methyl sites for hydroxylation is 1. The lowest BCUT2D eigenvalue weighted by atomic mass is 10.2. The Hall–Kier alpha value is -3.01. The lowest BCUT2D eigenvalue weighted by Crippen LogP contribution is -2.15. The predicted molar refractivity (Wildman–Crippen MR) is 86.5 cm³/mol. The average molecular weight is 351 g/mol. The van der Waals surface area contributed by atoms with Gasteiger partial charge in [-0.3, -0.25) is 25.0 Å². The van der Waals surface area contributed by atoms with E-state index in [-0.39, 0.29) is 27.5 Å². The third-order valence-corrected chi connectivity index (χ3v) is 4.93. The van der Waals surface area contributed by atoms with Gasteiger partial charge in [-0.15, -0.1) is 0 Å². The van der Waals surface area contributed by atoms with Gasteiger partial charge in [0.1, 0.15) is 0 Å². The van der Waals surface area contributed by atoms with E-state index in [1.807, 2.05) is 0 Å². The minimum atomic E-state index is -4.14. The monoisotopic (exact) mass is 351 g/mol. The Morgan fingerprint density at radius 1 is 1.00 bits per heavy atom. The van der Waals surface area contributed by atoms with Crippen LogP contribution in [0, 0.1) is 34.1 Å². The Labute approximate surface area is 137 Å². The highest BCUT2D eigenvalue weighted by Gasteiger charge is 2.23. The molecule has 9 nitrogen and oxygen atoms in total. The third-order valence-electron chi connectivity index (χ3n) is 3.42. The summed E-state index contributed by atoms with van der Waals surface area (Å²) in [5, 5.41) is 21.8. The highest BCUT2D eigenvalue weighted by Crippen LogP contribution is 2.29. The molecule has 126 valence electrons. The normalized spacial score (nSPS) is 11.1. The number of nitro groups is 2. The average Bonchev–Trinajstić information content (AvgIpc) is 2.48. The minimum Gasteiger partial charge on any atom is -0.279 e. The Morgan fingerprint density at radius 3 is 2.25 bits per heavy atom. The molecule has 0 aliphatic heterocycles. The van der Waals surface area contributed by atoms with Crippen molar-refractivity contribution in [2.24, 2.45) is 0 Å². The number of benzene rings is 2. The van der Waals surface area contributed by atoms with Crippen LogP contribution in [0.5, 0.6) is 0 Å². The molecule has 0 heterocycles. The molecule has 2 aromatic rings. The number of anilines is 1. The number of nitrogens with zero attached hydrogens (tertiary/aromatic N) is 2. The first-order valence-electron chi connectivity index (χ1n) is 6.65. The van der Waals surface area contributed by atoms with Crippen LogP contribution in [0.25, 0.3) is 0 Å². The van der Waals surface area contributed by atoms with Crippen LogP contribution in [0.4, 0.5) is 17.1 Å². The van der Waals surface area contributed by atoms with Gasteiger partial charge in [-0.25, -0.2) is 8.42 Å². The van der Waals surface area contributed by atoms with Crippen LogP contribution in [0.3, 0.4) is 0 Å². The van der Waals surface area contributed by atoms with Crippen molar-refractivity contribution in [1.29, 1.82) is 0 Å². The van der Waals surface area contributed by atoms with Crippen LogP contribution in [0.15, 0.2) is 41.3 Å². The molecule has 0 aromatic heterocycles. The van der Waals surface area contributed by atoms with E-state index in [2.05, 4.69) is 4.72 Å². The smallest absolute Gasteiger partial charge is 0.274 e. The summed E-state index contributed by atoms with van der Waals surface area (Å²) >= 11 is 0. The van der Waals surface area contributed by atoms with Gasteiger partial charge in [0.25, 0.3) is 21.4 Å². The number of nitrogens with one attached hydrogen (secondary N) is 1. The van der Waals surface area contributed by atoms with Crippen molar-refractivity contribution in [1.82, 2.24) is 0 Å². The molecule has 0 bridgehead atoms. The molecule has 0 saturated heterocycles. The van der Waals surface area contributed by atoms with Gasteiger partial charge in [-0.2, -0.15) is 0 Å². The van der Waals surface area contributed by atoms with E-state index < -0.39 is 19.9 Å². The molecule has 0 fully saturated rings. The van der Waals surface area contributed by atoms with E-state index >= 15 is 0 Å². The molecule has 2 aromatic carbocycles. The molecule has 24 heavy (non-hydrogen) atoms. The van der Waals surface area contributed by atoms with Crippen LogP contribution in [-0.2, 0) is 10.0 Å². The van der Waals surface area contributed by atoms with Gasteiger partial charge >= 0.3 is 0 Å². The van der Waals surface area contributed by atoms with E-state index in [9.17, 15) is 28.6 Å². The SMILES string of the molecule is Cc1ccc([N+](=O)[O-])cc1S(=O)(=O)Nc1cccc([N+](=O)[O-])c1C. The first-order valence-corrected chi connectivity index (χ1v) is 8.13. The van der Waals surface area contributed by atoms with Gasteiger partial charge in [0.2, 0.25) is 0 Å². The first kappa shape index (κ1) is 17.3. The zero-order valence-corrected chi connectivity index (χ0v) is 13.5. The molecule has 0 unspecified atom stereocenters. The second-order valence-corrected chi connectivity index (χ2v) is 6.67. The van der Waals surface area contributed by atoms with Crippen LogP contribution < -0.4 is 4.72 Å². The molecule has 0 amide bonds. The summed E-state index contributed by atoms with van der Waals surface area (Å²) in [6, 6.07) is 7.46. The fraction of sp³-hybridized carbons (Fsp3) is 0.143. The second kappa shape index (κ2) is 6.24. The van der Waals surface area contributed by atoms with Crippen molar-refractivity contribution >= 4 is 27.1 Å². The van der Waals surface area contributed by atoms with Crippen molar-refractivity contribution in [2.75, 3.05) is 4.72 Å². The second-order valence-electron chi connectivity index (χ2n) is 5.02. The van der Waals surface area contributed by atoms with Gasteiger partial charge in [0.05, 0.1) is 26.0 Å². The van der Waals surface area contributed by atoms with E-state index in [0.29, 0.717) is 5.56 Å². The summed E-state index contributed by atoms with van der Waals surface area (Å²) in [4.78, 5) is 20.2. The summed E-state index contributed by atoms with van der Waals surface area (Å²) in [5.41, 5.74) is -0.0943. The summed E-state index contributed by atoms with van der Waals surface area (Å²) < 4.78 is 27.3. The van der Waals surface area contributed by atoms with Crippen molar-refractivity contribution in [2.45, 2.75) is 18.7 Å². The summed E-state index contributed by atoms with van der Waals surface area (Å²) in [5.74, 6) is 0. The molecule has 0 aliphatic rings. The van der Waals surface area contributed by atoms with Crippen molar-refractivity contribution < 1.29 is 18.3 Å². The lowest BCUT2D eigenvalue weighted by molar-refractivity contribution is -0.385. The number of rotatable bonds is 5. The summed E-state index contributed by atoms with van der Waals surface area (Å²) in [6.45, 7) is 2.91. The molecule has 0 atom stereocenters. The Kier molecular flexibility index (Phi) is 4.51. The topological polar surface area (TPSA) is 132 Å². The van der Waals surface area contributed by atoms with E-state index in [0.717, 1.165) is 6.07 Å². The van der Waals surface area contributed by atoms with Crippen LogP contribution in [0.2, 0.25) is 0 Å². The van der Waals surface area contributed by atoms with Gasteiger partial charge in [0, 0.05) is 18.2 Å². The van der Waals surface area contributed by atoms with E-state index in [1.165, 1.54) is 44.2 Å². The number of non-ortho nitro benzene ring substituents is 1. The zero-order chi connectivity index (χ0) is 18.1. The Balaban J connectivity index is 2.50. The maximum absolute atomic E-state index is 12.5. The summed E-state index contributed by atoms with van der Waals surface area (Å²) in [6.07, 6.45) is 0. The fourth-order valence-corrected chi connectivity index (χ4v) is 3.51. The third kappa shape index (κ3) is 3.33. The molecule has 0 saturated carbocycles. The van der Waals surface area contributed by atoms with Gasteiger partial charge in [-0.1, -0.05) is 12.1 Å². The molecule has 0 aliphatic carbocycles. The zero-order valence-electron chi connectivity index (χ0n) is 12.7. The lowest BCUT2D eigenvalue weighted by Gasteiger charge is -2.12. The number of sulfonamides is 1. The van der Waals surface area contributed by atoms with E-state index in [4.69, 9.17) is 0 Å². The molecular weight excluding hydrogens is 338 g/mol. The van der Waals surface area contributed by atoms with Gasteiger partial charge in [-0.05, 0) is 25.5 Å². The minimum absolute atomic E-state index is 0.0371. The van der Waals surface area contributed by atoms with Gasteiger partial charge < -0.3 is 0 Å². The van der Waals surface area contributed by atoms with Crippen LogP contribution in [0.1, 0.15) is 11.1 Å². The molecule has 0 radical (unpaired) electrons. The number of nitro benzene ring substituents is 2. The number of hydrogen-bond donors (Lipinski definition) is 1. The molecule has 2 rings (SSSR count). The quantitative estimate of drug-likeness (QED) is 0.650. The number of hydrogen-bond acceptors (Lipinski definition) is 6. The summed E-state index contributed by atoms with van der Waals surface area (Å²) in [7, 11) is -4.14. The molecule has 1 N–H and O–H groups in total. The standard InChI is InChI=1S/C14H13N3O6S/c1-9-6-7-11(16(18)19)8-14(9)24(22,23)15-12-4-3-5-13(10(12)2)17(20)21/h3-8,15H,1-2H3. The van der Waals surface area contributed by atoms with Crippen LogP contribution >= 0.6 is 0 Å². The van der Waals surface area contributed by atoms with Gasteiger partial charge in [0.15, 0.2) is 0 Å². The Morgan fingerprint density at radius 2 is 1.67 bits per heavy atom. The fourth-order valence-electron chi connectivity index (χ4n) is 2.12. The van der Waals surface area contributed by atoms with E-state index in [1.54, 1.807) is 0 Å². The molecule has 0 spiro atoms. The highest BCUT2D eigenvalue weighted by molar-refractivity contribution is 7.92. The van der Waals surface area contributed by atoms with Crippen molar-refractivity contribution in [3.63, 3.8) is 0 Å². The predicted octanol–water partition coefficient (Wildman–Crippen LogP) is 2.92. The van der Waals surface area contributed by atoms with Crippen molar-refractivity contribution in [3.8, 4) is 0 Å². The largest absolute Gasteiger partial charge is 0.279 e. The van der Waals surface area contributed by atoms with Crippen molar-refractivity contribution in [3.05, 3.63) is 67.8 Å². The molecule has 10 heteroatoms. The highest BCUT2D eigenvalue weighted by atomic mass is 32.2. The Bertz CT molecular complexity index is 940. The van der Waals surface area contributed by atoms with Crippen LogP contribution in [-0.4, -0.2) is 18.3 Å². The first-order chi connectivity index (χ1) is 11.1. The maximum atomic E-state index is 12.5. The maximum Gasteiger partial charge on any atom is 0.274 e.